The van der Waals surface area contributed by atoms with E-state index < -0.39 is 71.4 Å². The quantitative estimate of drug-likeness (QED) is 0.271. The van der Waals surface area contributed by atoms with Crippen molar-refractivity contribution < 1.29 is 53.4 Å². The number of benzene rings is 3. The molecule has 0 unspecified atom stereocenters. The summed E-state index contributed by atoms with van der Waals surface area (Å²) >= 11 is 0. The number of nitrogens with zero attached hydrogens (tertiary/aromatic N) is 1. The molecule has 3 nitrogen and oxygen atoms in total. The average molecular weight is 605 g/mol. The molecule has 4 rings (SSSR count). The van der Waals surface area contributed by atoms with E-state index in [0.717, 1.165) is 29.2 Å². The van der Waals surface area contributed by atoms with Crippen LogP contribution in [0.3, 0.4) is 0 Å². The van der Waals surface area contributed by atoms with Crippen LogP contribution in [0.4, 0.5) is 48.7 Å². The minimum absolute atomic E-state index is 0.0699. The van der Waals surface area contributed by atoms with E-state index in [4.69, 9.17) is 4.74 Å². The molecule has 1 aliphatic heterocycles. The average Bonchev–Trinajstić information content (AvgIpc) is 3.15. The van der Waals surface area contributed by atoms with Gasteiger partial charge in [0.1, 0.15) is 11.9 Å². The molecule has 224 valence electrons. The molecule has 0 bridgehead atoms. The number of carbonyl (C=O) groups is 1. The standard InChI is InChI=1S/C29H21F10NO2/c1-14(2)23-11-16(4-7-24(23)30)22-6-5-19(27(31,32)33)10-18(22)13-40-15(3)25(42-26(40)41)17-8-20(28(34,35)36)12-21(9-17)29(37,38)39/h4-12,15,25H,1,13H2,2-3H3/t15-,25-/m0/s1. The molecule has 0 aromatic heterocycles. The van der Waals surface area contributed by atoms with Gasteiger partial charge >= 0.3 is 24.6 Å². The molecule has 3 aromatic rings. The topological polar surface area (TPSA) is 29.5 Å². The lowest BCUT2D eigenvalue weighted by Crippen LogP contribution is -2.32. The smallest absolute Gasteiger partial charge is 0.416 e. The second-order valence-corrected chi connectivity index (χ2v) is 9.86. The first-order valence-corrected chi connectivity index (χ1v) is 12.2. The lowest BCUT2D eigenvalue weighted by molar-refractivity contribution is -0.143. The number of amides is 1. The van der Waals surface area contributed by atoms with Crippen LogP contribution in [-0.2, 0) is 29.8 Å². The molecule has 0 N–H and O–H groups in total. The lowest BCUT2D eigenvalue weighted by atomic mass is 9.93. The van der Waals surface area contributed by atoms with Crippen molar-refractivity contribution in [2.24, 2.45) is 0 Å². The summed E-state index contributed by atoms with van der Waals surface area (Å²) in [5, 5.41) is 0. The first kappa shape index (κ1) is 30.9. The number of halogens is 10. The Morgan fingerprint density at radius 1 is 0.833 bits per heavy atom. The fourth-order valence-corrected chi connectivity index (χ4v) is 4.69. The Hall–Kier alpha value is -4.03. The van der Waals surface area contributed by atoms with Gasteiger partial charge < -0.3 is 4.74 Å². The molecule has 1 amide bonds. The van der Waals surface area contributed by atoms with Crippen LogP contribution in [0.1, 0.15) is 53.3 Å². The zero-order valence-corrected chi connectivity index (χ0v) is 21.8. The second kappa shape index (κ2) is 10.7. The third-order valence-corrected chi connectivity index (χ3v) is 6.84. The monoisotopic (exact) mass is 605 g/mol. The number of alkyl halides is 9. The molecule has 13 heteroatoms. The molecule has 0 radical (unpaired) electrons. The molecule has 3 aromatic carbocycles. The van der Waals surface area contributed by atoms with Crippen molar-refractivity contribution in [2.75, 3.05) is 0 Å². The van der Waals surface area contributed by atoms with Crippen LogP contribution in [0.5, 0.6) is 0 Å². The Bertz CT molecular complexity index is 1510. The van der Waals surface area contributed by atoms with Crippen LogP contribution in [0, 0.1) is 5.82 Å². The number of rotatable bonds is 5. The lowest BCUT2D eigenvalue weighted by Gasteiger charge is -2.24. The van der Waals surface area contributed by atoms with E-state index in [1.807, 2.05) is 0 Å². The van der Waals surface area contributed by atoms with Crippen molar-refractivity contribution in [1.29, 1.82) is 0 Å². The maximum atomic E-state index is 14.3. The molecule has 1 saturated heterocycles. The predicted octanol–water partition coefficient (Wildman–Crippen LogP) is 9.66. The number of hydrogen-bond acceptors (Lipinski definition) is 2. The number of cyclic esters (lactones) is 1. The van der Waals surface area contributed by atoms with E-state index in [2.05, 4.69) is 6.58 Å². The van der Waals surface area contributed by atoms with Crippen molar-refractivity contribution in [3.63, 3.8) is 0 Å². The Balaban J connectivity index is 1.77. The van der Waals surface area contributed by atoms with Crippen LogP contribution in [-0.4, -0.2) is 17.0 Å². The highest BCUT2D eigenvalue weighted by Crippen LogP contribution is 2.42. The predicted molar refractivity (Wildman–Crippen MR) is 132 cm³/mol. The van der Waals surface area contributed by atoms with Crippen molar-refractivity contribution in [1.82, 2.24) is 4.90 Å². The zero-order chi connectivity index (χ0) is 31.4. The summed E-state index contributed by atoms with van der Waals surface area (Å²) in [7, 11) is 0. The summed E-state index contributed by atoms with van der Waals surface area (Å²) in [6.45, 7) is 5.93. The van der Waals surface area contributed by atoms with E-state index in [1.54, 1.807) is 0 Å². The first-order valence-electron chi connectivity index (χ1n) is 12.2. The summed E-state index contributed by atoms with van der Waals surface area (Å²) in [4.78, 5) is 13.7. The summed E-state index contributed by atoms with van der Waals surface area (Å²) in [5.74, 6) is -0.626. The summed E-state index contributed by atoms with van der Waals surface area (Å²) in [6, 6.07) is 6.04. The van der Waals surface area contributed by atoms with Gasteiger partial charge in [0.15, 0.2) is 0 Å². The largest absolute Gasteiger partial charge is 0.439 e. The van der Waals surface area contributed by atoms with Crippen molar-refractivity contribution >= 4 is 11.7 Å². The SMILES string of the molecule is C=C(C)c1cc(-c2ccc(C(F)(F)F)cc2CN2C(=O)O[C@H](c3cc(C(F)(F)F)cc(C(F)(F)F)c3)[C@@H]2C)ccc1F. The highest BCUT2D eigenvalue weighted by Gasteiger charge is 2.43. The molecule has 0 spiro atoms. The second-order valence-electron chi connectivity index (χ2n) is 9.86. The Labute approximate surface area is 233 Å². The maximum absolute atomic E-state index is 14.3. The van der Waals surface area contributed by atoms with Gasteiger partial charge in [-0.3, -0.25) is 4.90 Å². The third kappa shape index (κ3) is 6.24. The molecule has 42 heavy (non-hydrogen) atoms. The van der Waals surface area contributed by atoms with Gasteiger partial charge in [-0.25, -0.2) is 9.18 Å². The summed E-state index contributed by atoms with van der Waals surface area (Å²) < 4.78 is 141. The van der Waals surface area contributed by atoms with Crippen LogP contribution >= 0.6 is 0 Å². The highest BCUT2D eigenvalue weighted by atomic mass is 19.4. The van der Waals surface area contributed by atoms with E-state index >= 15 is 0 Å². The normalized spacial score (nSPS) is 17.9. The first-order chi connectivity index (χ1) is 19.3. The third-order valence-electron chi connectivity index (χ3n) is 6.84. The van der Waals surface area contributed by atoms with E-state index in [0.29, 0.717) is 17.7 Å². The van der Waals surface area contributed by atoms with Crippen LogP contribution < -0.4 is 0 Å². The maximum Gasteiger partial charge on any atom is 0.416 e. The Morgan fingerprint density at radius 2 is 1.40 bits per heavy atom. The van der Waals surface area contributed by atoms with Crippen LogP contribution in [0.15, 0.2) is 61.2 Å². The van der Waals surface area contributed by atoms with Gasteiger partial charge in [-0.1, -0.05) is 18.7 Å². The Kier molecular flexibility index (Phi) is 7.85. The van der Waals surface area contributed by atoms with Crippen LogP contribution in [0.25, 0.3) is 16.7 Å². The summed E-state index contributed by atoms with van der Waals surface area (Å²) in [6.07, 6.45) is -17.8. The van der Waals surface area contributed by atoms with E-state index in [9.17, 15) is 48.7 Å². The van der Waals surface area contributed by atoms with Gasteiger partial charge in [0.2, 0.25) is 0 Å². The molecule has 1 aliphatic rings. The fraction of sp³-hybridized carbons (Fsp3) is 0.276. The minimum Gasteiger partial charge on any atom is -0.439 e. The van der Waals surface area contributed by atoms with E-state index in [-0.39, 0.29) is 28.3 Å². The Morgan fingerprint density at radius 3 is 1.93 bits per heavy atom. The fourth-order valence-electron chi connectivity index (χ4n) is 4.69. The van der Waals surface area contributed by atoms with E-state index in [1.165, 1.54) is 26.0 Å². The minimum atomic E-state index is -5.15. The van der Waals surface area contributed by atoms with Crippen molar-refractivity contribution in [3.05, 3.63) is 100 Å². The van der Waals surface area contributed by atoms with Gasteiger partial charge in [-0.2, -0.15) is 39.5 Å². The number of allylic oxidation sites excluding steroid dienone is 1. The van der Waals surface area contributed by atoms with Gasteiger partial charge in [-0.15, -0.1) is 0 Å². The highest BCUT2D eigenvalue weighted by molar-refractivity contribution is 5.75. The molecule has 0 saturated carbocycles. The molecular formula is C29H21F10NO2. The van der Waals surface area contributed by atoms with Crippen molar-refractivity contribution in [3.8, 4) is 11.1 Å². The number of hydrogen-bond donors (Lipinski definition) is 0. The summed E-state index contributed by atoms with van der Waals surface area (Å²) in [5.41, 5.74) is -4.08. The van der Waals surface area contributed by atoms with Gasteiger partial charge in [0.05, 0.1) is 29.3 Å². The van der Waals surface area contributed by atoms with Gasteiger partial charge in [-0.05, 0) is 84.1 Å². The number of carbonyl (C=O) groups excluding carboxylic acids is 1. The molecular weight excluding hydrogens is 584 g/mol. The molecule has 1 fully saturated rings. The van der Waals surface area contributed by atoms with Crippen LogP contribution in [0.2, 0.25) is 0 Å². The zero-order valence-electron chi connectivity index (χ0n) is 21.8. The molecule has 1 heterocycles. The van der Waals surface area contributed by atoms with Crippen molar-refractivity contribution in [2.45, 2.75) is 51.1 Å². The van der Waals surface area contributed by atoms with Gasteiger partial charge in [0, 0.05) is 5.56 Å². The molecule has 0 aliphatic carbocycles. The molecule has 2 atom stereocenters. The number of ether oxygens (including phenoxy) is 1. The van der Waals surface area contributed by atoms with Gasteiger partial charge in [0.25, 0.3) is 0 Å².